The Morgan fingerprint density at radius 3 is 2.71 bits per heavy atom. The number of anilines is 1. The molecule has 1 N–H and O–H groups in total. The molecule has 1 aromatic heterocycles. The zero-order chi connectivity index (χ0) is 18.7. The van der Waals surface area contributed by atoms with Gasteiger partial charge in [0.15, 0.2) is 0 Å². The van der Waals surface area contributed by atoms with Gasteiger partial charge in [-0.15, -0.1) is 0 Å². The first kappa shape index (κ1) is 16.2. The quantitative estimate of drug-likeness (QED) is 0.448. The van der Waals surface area contributed by atoms with Crippen LogP contribution in [0.25, 0.3) is 21.8 Å². The molecule has 2 unspecified atom stereocenters. The zero-order valence-electron chi connectivity index (χ0n) is 16.1. The number of aromatic nitrogens is 1. The molecular formula is C25H24N2O. The molecular weight excluding hydrogens is 344 g/mol. The largest absolute Gasteiger partial charge is 0.378 e. The van der Waals surface area contributed by atoms with Crippen molar-refractivity contribution in [1.82, 2.24) is 4.57 Å². The Morgan fingerprint density at radius 2 is 1.75 bits per heavy atom. The Kier molecular flexibility index (Phi) is 3.54. The maximum Gasteiger partial charge on any atom is 0.0895 e. The number of nitrogens with one attached hydrogen (secondary N) is 1. The first-order valence-electron chi connectivity index (χ1n) is 10.3. The van der Waals surface area contributed by atoms with E-state index in [1.165, 1.54) is 45.0 Å². The van der Waals surface area contributed by atoms with Gasteiger partial charge in [0.05, 0.1) is 12.1 Å². The van der Waals surface area contributed by atoms with E-state index in [4.69, 9.17) is 4.74 Å². The second-order valence-electron chi connectivity index (χ2n) is 8.16. The minimum absolute atomic E-state index is 0.194. The molecule has 3 heteroatoms. The van der Waals surface area contributed by atoms with Gasteiger partial charge < -0.3 is 14.6 Å². The predicted octanol–water partition coefficient (Wildman–Crippen LogP) is 5.97. The maximum absolute atomic E-state index is 6.28. The van der Waals surface area contributed by atoms with Crippen LogP contribution < -0.4 is 5.32 Å². The molecule has 0 saturated carbocycles. The van der Waals surface area contributed by atoms with Crippen molar-refractivity contribution in [2.45, 2.75) is 25.0 Å². The Bertz CT molecular complexity index is 1190. The third-order valence-corrected chi connectivity index (χ3v) is 6.67. The van der Waals surface area contributed by atoms with Gasteiger partial charge in [0.25, 0.3) is 0 Å². The highest BCUT2D eigenvalue weighted by molar-refractivity contribution is 6.08. The fourth-order valence-electron chi connectivity index (χ4n) is 5.33. The number of rotatable bonds is 1. The van der Waals surface area contributed by atoms with Crippen molar-refractivity contribution < 1.29 is 4.74 Å². The molecule has 3 atom stereocenters. The first-order valence-corrected chi connectivity index (χ1v) is 10.3. The van der Waals surface area contributed by atoms with Gasteiger partial charge in [-0.05, 0) is 42.7 Å². The zero-order valence-corrected chi connectivity index (χ0v) is 16.1. The average Bonchev–Trinajstić information content (AvgIpc) is 3.05. The van der Waals surface area contributed by atoms with Crippen LogP contribution in [0.1, 0.15) is 36.1 Å². The third-order valence-electron chi connectivity index (χ3n) is 6.67. The summed E-state index contributed by atoms with van der Waals surface area (Å²) < 4.78 is 8.57. The average molecular weight is 368 g/mol. The minimum Gasteiger partial charge on any atom is -0.378 e. The van der Waals surface area contributed by atoms with E-state index in [0.29, 0.717) is 5.92 Å². The first-order chi connectivity index (χ1) is 13.8. The summed E-state index contributed by atoms with van der Waals surface area (Å²) in [5.41, 5.74) is 6.47. The summed E-state index contributed by atoms with van der Waals surface area (Å²) in [4.78, 5) is 0. The lowest BCUT2D eigenvalue weighted by atomic mass is 9.77. The number of ether oxygens (including phenoxy) is 1. The number of fused-ring (bicyclic) bond motifs is 6. The number of benzene rings is 3. The van der Waals surface area contributed by atoms with Crippen molar-refractivity contribution in [3.63, 3.8) is 0 Å². The van der Waals surface area contributed by atoms with Gasteiger partial charge in [-0.25, -0.2) is 0 Å². The number of nitrogens with zero attached hydrogens (tertiary/aromatic N) is 1. The topological polar surface area (TPSA) is 26.2 Å². The second kappa shape index (κ2) is 6.11. The van der Waals surface area contributed by atoms with E-state index in [9.17, 15) is 0 Å². The van der Waals surface area contributed by atoms with Crippen LogP contribution in [0.4, 0.5) is 5.69 Å². The molecule has 6 rings (SSSR count). The Hall–Kier alpha value is -2.78. The third kappa shape index (κ3) is 2.26. The van der Waals surface area contributed by atoms with Crippen LogP contribution in [0.15, 0.2) is 66.7 Å². The van der Waals surface area contributed by atoms with Crippen LogP contribution in [-0.4, -0.2) is 11.2 Å². The van der Waals surface area contributed by atoms with Crippen molar-refractivity contribution in [2.75, 3.05) is 11.9 Å². The Balaban J connectivity index is 1.52. The van der Waals surface area contributed by atoms with Crippen molar-refractivity contribution in [1.29, 1.82) is 0 Å². The maximum atomic E-state index is 6.28. The molecule has 0 amide bonds. The molecule has 0 radical (unpaired) electrons. The summed E-state index contributed by atoms with van der Waals surface area (Å²) in [5, 5.41) is 6.51. The van der Waals surface area contributed by atoms with Gasteiger partial charge >= 0.3 is 0 Å². The summed E-state index contributed by atoms with van der Waals surface area (Å²) in [6, 6.07) is 24.6. The van der Waals surface area contributed by atoms with Crippen LogP contribution >= 0.6 is 0 Å². The van der Waals surface area contributed by atoms with E-state index >= 15 is 0 Å². The second-order valence-corrected chi connectivity index (χ2v) is 8.16. The van der Waals surface area contributed by atoms with Gasteiger partial charge in [0.1, 0.15) is 0 Å². The van der Waals surface area contributed by atoms with Crippen LogP contribution in [0, 0.1) is 5.92 Å². The van der Waals surface area contributed by atoms with Crippen molar-refractivity contribution in [3.05, 3.63) is 77.9 Å². The van der Waals surface area contributed by atoms with E-state index in [1.807, 2.05) is 0 Å². The van der Waals surface area contributed by atoms with Gasteiger partial charge in [-0.1, -0.05) is 42.5 Å². The molecule has 3 nitrogen and oxygen atoms in total. The van der Waals surface area contributed by atoms with Crippen LogP contribution in [0.5, 0.6) is 0 Å². The number of hydrogen-bond donors (Lipinski definition) is 1. The van der Waals surface area contributed by atoms with Crippen LogP contribution in [-0.2, 0) is 11.8 Å². The highest BCUT2D eigenvalue weighted by Gasteiger charge is 2.39. The molecule has 0 aliphatic carbocycles. The molecule has 4 aromatic rings. The van der Waals surface area contributed by atoms with Crippen molar-refractivity contribution in [3.8, 4) is 0 Å². The summed E-state index contributed by atoms with van der Waals surface area (Å²) in [5.74, 6) is 0.469. The summed E-state index contributed by atoms with van der Waals surface area (Å²) in [7, 11) is 2.16. The lowest BCUT2D eigenvalue weighted by Gasteiger charge is -2.43. The lowest BCUT2D eigenvalue weighted by molar-refractivity contribution is -0.0381. The highest BCUT2D eigenvalue weighted by Crippen LogP contribution is 2.49. The predicted molar refractivity (Wildman–Crippen MR) is 115 cm³/mol. The fraction of sp³-hybridized carbons (Fsp3) is 0.280. The van der Waals surface area contributed by atoms with Crippen molar-refractivity contribution >= 4 is 27.5 Å². The molecule has 3 aromatic carbocycles. The summed E-state index contributed by atoms with van der Waals surface area (Å²) in [6.07, 6.45) is 2.53. The van der Waals surface area contributed by atoms with Gasteiger partial charge in [0, 0.05) is 52.6 Å². The van der Waals surface area contributed by atoms with E-state index < -0.39 is 0 Å². The monoisotopic (exact) mass is 368 g/mol. The smallest absolute Gasteiger partial charge is 0.0895 e. The Labute approximate surface area is 164 Å². The van der Waals surface area contributed by atoms with E-state index in [0.717, 1.165) is 13.0 Å². The molecule has 28 heavy (non-hydrogen) atoms. The number of aryl methyl sites for hydroxylation is 1. The molecule has 0 bridgehead atoms. The van der Waals surface area contributed by atoms with Gasteiger partial charge in [0.2, 0.25) is 0 Å². The minimum atomic E-state index is 0.194. The standard InChI is InChI=1S/C25H24N2O/c1-27-22-11-5-3-7-17(22)20-15-16(12-13-23(20)27)24-19-9-6-14-28-25(19)18-8-2-4-10-21(18)26-24/h2-5,7-8,10-13,15,19,24-26H,6,9,14H2,1H3/t19?,24-,25?/m0/s1. The Morgan fingerprint density at radius 1 is 0.929 bits per heavy atom. The SMILES string of the molecule is Cn1c2ccccc2c2cc([C@@H]3Nc4ccccc4C4OCCCC43)ccc21. The van der Waals surface area contributed by atoms with E-state index in [-0.39, 0.29) is 12.1 Å². The van der Waals surface area contributed by atoms with Crippen LogP contribution in [0.2, 0.25) is 0 Å². The number of hydrogen-bond acceptors (Lipinski definition) is 2. The normalized spacial score (nSPS) is 24.0. The van der Waals surface area contributed by atoms with Gasteiger partial charge in [-0.2, -0.15) is 0 Å². The molecule has 3 heterocycles. The molecule has 2 aliphatic heterocycles. The molecule has 1 fully saturated rings. The molecule has 2 aliphatic rings. The molecule has 140 valence electrons. The highest BCUT2D eigenvalue weighted by atomic mass is 16.5. The number of para-hydroxylation sites is 2. The van der Waals surface area contributed by atoms with Crippen molar-refractivity contribution in [2.24, 2.45) is 13.0 Å². The van der Waals surface area contributed by atoms with Gasteiger partial charge in [-0.3, -0.25) is 0 Å². The lowest BCUT2D eigenvalue weighted by Crippen LogP contribution is -2.35. The van der Waals surface area contributed by atoms with E-state index in [2.05, 4.69) is 83.7 Å². The molecule has 1 saturated heterocycles. The summed E-state index contributed by atoms with van der Waals surface area (Å²) >= 11 is 0. The summed E-state index contributed by atoms with van der Waals surface area (Å²) in [6.45, 7) is 0.866. The fourth-order valence-corrected chi connectivity index (χ4v) is 5.33. The van der Waals surface area contributed by atoms with Crippen LogP contribution in [0.3, 0.4) is 0 Å². The van der Waals surface area contributed by atoms with E-state index in [1.54, 1.807) is 0 Å². The molecule has 0 spiro atoms.